The number of fused-ring (bicyclic) bond motifs is 2. The first-order valence-corrected chi connectivity index (χ1v) is 14.1. The number of pyridine rings is 1. The van der Waals surface area contributed by atoms with Crippen LogP contribution in [0.1, 0.15) is 5.69 Å². The van der Waals surface area contributed by atoms with E-state index in [1.165, 1.54) is 19.2 Å². The van der Waals surface area contributed by atoms with E-state index in [2.05, 4.69) is 19.9 Å². The maximum absolute atomic E-state index is 12.6. The number of sulfonamides is 1. The first-order valence-electron chi connectivity index (χ1n) is 12.5. The Morgan fingerprint density at radius 2 is 1.44 bits per heavy atom. The van der Waals surface area contributed by atoms with Crippen molar-refractivity contribution in [2.24, 2.45) is 0 Å². The largest absolute Gasteiger partial charge is 0.490 e. The summed E-state index contributed by atoms with van der Waals surface area (Å²) in [6, 6.07) is 14.1. The summed E-state index contributed by atoms with van der Waals surface area (Å²) >= 11 is 0. The number of para-hydroxylation sites is 2. The van der Waals surface area contributed by atoms with Crippen molar-refractivity contribution in [3.8, 4) is 22.8 Å². The number of nitrogens with one attached hydrogen (secondary N) is 2. The number of nitrogens with zero attached hydrogens (tertiary/aromatic N) is 3. The highest BCUT2D eigenvalue weighted by Crippen LogP contribution is 2.30. The van der Waals surface area contributed by atoms with Gasteiger partial charge in [0.1, 0.15) is 5.52 Å². The third-order valence-electron chi connectivity index (χ3n) is 5.50. The van der Waals surface area contributed by atoms with Crippen molar-refractivity contribution in [1.29, 1.82) is 0 Å². The molecule has 12 nitrogen and oxygen atoms in total. The molecule has 4 N–H and O–H groups in total. The minimum Gasteiger partial charge on any atom is -0.475 e. The van der Waals surface area contributed by atoms with Crippen molar-refractivity contribution in [3.05, 3.63) is 60.4 Å². The second-order valence-electron chi connectivity index (χ2n) is 9.24. The highest BCUT2D eigenvalue weighted by atomic mass is 32.2. The topological polar surface area (TPSA) is 188 Å². The molecule has 5 rings (SSSR count). The molecular weight excluding hydrogens is 697 g/mol. The van der Waals surface area contributed by atoms with Gasteiger partial charge < -0.3 is 19.6 Å². The van der Waals surface area contributed by atoms with Crippen LogP contribution in [0, 0.1) is 6.92 Å². The number of alkyl halides is 9. The minimum atomic E-state index is -5.08. The number of anilines is 1. The van der Waals surface area contributed by atoms with Crippen LogP contribution in [-0.4, -0.2) is 74.8 Å². The zero-order valence-corrected chi connectivity index (χ0v) is 24.3. The number of benzene rings is 2. The smallest absolute Gasteiger partial charge is 0.475 e. The lowest BCUT2D eigenvalue weighted by molar-refractivity contribution is -0.193. The van der Waals surface area contributed by atoms with Crippen LogP contribution in [0.3, 0.4) is 0 Å². The Morgan fingerprint density at radius 1 is 0.854 bits per heavy atom. The fraction of sp³-hybridized carbons (Fsp3) is 0.192. The molecule has 0 unspecified atom stereocenters. The Labute approximate surface area is 261 Å². The number of carboxylic acid groups (broad SMARTS) is 2. The molecule has 0 fully saturated rings. The molecule has 3 heterocycles. The number of aromatic amines is 1. The first-order chi connectivity index (χ1) is 21.9. The van der Waals surface area contributed by atoms with Crippen LogP contribution >= 0.6 is 0 Å². The van der Waals surface area contributed by atoms with Gasteiger partial charge >= 0.3 is 30.5 Å². The highest BCUT2D eigenvalue weighted by Gasteiger charge is 2.39. The lowest BCUT2D eigenvalue weighted by Gasteiger charge is -2.13. The van der Waals surface area contributed by atoms with Gasteiger partial charge in [0.2, 0.25) is 10.0 Å². The Bertz CT molecular complexity index is 2000. The molecule has 258 valence electrons. The molecule has 0 radical (unpaired) electrons. The average Bonchev–Trinajstić information content (AvgIpc) is 3.56. The molecule has 48 heavy (non-hydrogen) atoms. The van der Waals surface area contributed by atoms with Gasteiger partial charge in [-0.15, -0.1) is 0 Å². The van der Waals surface area contributed by atoms with E-state index in [-0.39, 0.29) is 11.4 Å². The molecule has 2 aromatic carbocycles. The van der Waals surface area contributed by atoms with Gasteiger partial charge in [0, 0.05) is 11.8 Å². The molecule has 0 amide bonds. The number of aryl methyl sites for hydroxylation is 1. The molecular formula is C26H18F9N5O7S. The molecule has 0 aliphatic carbocycles. The predicted molar refractivity (Wildman–Crippen MR) is 148 cm³/mol. The molecule has 3 aromatic heterocycles. The van der Waals surface area contributed by atoms with Crippen LogP contribution in [0.25, 0.3) is 45.0 Å². The third-order valence-corrected chi connectivity index (χ3v) is 6.74. The summed E-state index contributed by atoms with van der Waals surface area (Å²) in [6.07, 6.45) is -13.5. The van der Waals surface area contributed by atoms with Crippen molar-refractivity contribution < 1.29 is 72.2 Å². The second kappa shape index (κ2) is 13.8. The Morgan fingerprint density at radius 3 is 1.98 bits per heavy atom. The standard InChI is InChI=1S/C22H16F3N5O3S.2C2HF3O2/c1-12-18(30-34(31,32)11-22(23,24)25)8-14(10-26-12)13-6-7-17-19(9-13)33-21(29-17)20-27-15-4-2-3-5-16(15)28-20;2*3-2(4,5)1(6)7/h2-10,30H,11H2,1H3,(H,27,28);2*(H,6,7). The Kier molecular flexibility index (Phi) is 10.6. The van der Waals surface area contributed by atoms with E-state index in [1.807, 2.05) is 29.0 Å². The highest BCUT2D eigenvalue weighted by molar-refractivity contribution is 7.92. The minimum absolute atomic E-state index is 0.0395. The number of carboxylic acids is 2. The van der Waals surface area contributed by atoms with Crippen molar-refractivity contribution in [1.82, 2.24) is 19.9 Å². The van der Waals surface area contributed by atoms with Gasteiger partial charge in [0.25, 0.3) is 5.89 Å². The second-order valence-corrected chi connectivity index (χ2v) is 11.0. The molecule has 0 atom stereocenters. The molecule has 5 aromatic rings. The summed E-state index contributed by atoms with van der Waals surface area (Å²) in [4.78, 5) is 34.0. The van der Waals surface area contributed by atoms with E-state index in [0.717, 1.165) is 11.0 Å². The lowest BCUT2D eigenvalue weighted by atomic mass is 10.1. The number of H-pyrrole nitrogens is 1. The zero-order valence-electron chi connectivity index (χ0n) is 23.5. The Balaban J connectivity index is 0.000000376. The van der Waals surface area contributed by atoms with Crippen LogP contribution in [0.5, 0.6) is 0 Å². The van der Waals surface area contributed by atoms with Crippen molar-refractivity contribution >= 4 is 49.8 Å². The van der Waals surface area contributed by atoms with Crippen LogP contribution in [0.15, 0.2) is 59.1 Å². The number of hydrogen-bond donors (Lipinski definition) is 4. The van der Waals surface area contributed by atoms with Gasteiger partial charge in [-0.3, -0.25) is 9.71 Å². The number of carbonyl (C=O) groups is 2. The van der Waals surface area contributed by atoms with Gasteiger partial charge in [-0.05, 0) is 42.8 Å². The monoisotopic (exact) mass is 715 g/mol. The Hall–Kier alpha value is -5.41. The maximum atomic E-state index is 12.6. The van der Waals surface area contributed by atoms with Gasteiger partial charge in [-0.25, -0.2) is 28.0 Å². The van der Waals surface area contributed by atoms with Gasteiger partial charge in [0.05, 0.1) is 22.4 Å². The van der Waals surface area contributed by atoms with Crippen molar-refractivity contribution in [3.63, 3.8) is 0 Å². The fourth-order valence-electron chi connectivity index (χ4n) is 3.47. The summed E-state index contributed by atoms with van der Waals surface area (Å²) in [6.45, 7) is 1.49. The molecule has 0 bridgehead atoms. The molecule has 0 aliphatic rings. The number of imidazole rings is 1. The number of hydrogen-bond acceptors (Lipinski definition) is 8. The fourth-order valence-corrected chi connectivity index (χ4v) is 4.52. The summed E-state index contributed by atoms with van der Waals surface area (Å²) in [5.41, 5.74) is 3.93. The first kappa shape index (κ1) is 37.1. The summed E-state index contributed by atoms with van der Waals surface area (Å²) in [7, 11) is -4.64. The number of halogens is 9. The van der Waals surface area contributed by atoms with E-state index in [0.29, 0.717) is 33.9 Å². The van der Waals surface area contributed by atoms with Gasteiger partial charge in [0.15, 0.2) is 17.2 Å². The van der Waals surface area contributed by atoms with Gasteiger partial charge in [-0.2, -0.15) is 39.5 Å². The predicted octanol–water partition coefficient (Wildman–Crippen LogP) is 6.31. The number of aliphatic carboxylic acids is 2. The number of oxazole rings is 1. The molecule has 0 saturated heterocycles. The zero-order chi connectivity index (χ0) is 36.2. The van der Waals surface area contributed by atoms with Crippen LogP contribution in [-0.2, 0) is 19.6 Å². The maximum Gasteiger partial charge on any atom is 0.490 e. The summed E-state index contributed by atoms with van der Waals surface area (Å²) in [5, 5.41) is 14.2. The third kappa shape index (κ3) is 10.3. The van der Waals surface area contributed by atoms with E-state index >= 15 is 0 Å². The van der Waals surface area contributed by atoms with E-state index < -0.39 is 46.2 Å². The van der Waals surface area contributed by atoms with E-state index in [1.54, 1.807) is 18.2 Å². The normalized spacial score (nSPS) is 12.1. The van der Waals surface area contributed by atoms with Crippen LogP contribution in [0.2, 0.25) is 0 Å². The number of rotatable bonds is 5. The molecule has 22 heteroatoms. The molecule has 0 saturated carbocycles. The van der Waals surface area contributed by atoms with E-state index in [4.69, 9.17) is 24.2 Å². The summed E-state index contributed by atoms with van der Waals surface area (Å²) in [5.74, 6) is -6.73. The molecule has 0 aliphatic heterocycles. The van der Waals surface area contributed by atoms with Crippen LogP contribution < -0.4 is 4.72 Å². The average molecular weight is 716 g/mol. The summed E-state index contributed by atoms with van der Waals surface area (Å²) < 4.78 is 133. The quantitative estimate of drug-likeness (QED) is 0.150. The van der Waals surface area contributed by atoms with Crippen LogP contribution in [0.4, 0.5) is 45.2 Å². The van der Waals surface area contributed by atoms with Crippen molar-refractivity contribution in [2.75, 3.05) is 10.5 Å². The molecule has 0 spiro atoms. The van der Waals surface area contributed by atoms with Crippen molar-refractivity contribution in [2.45, 2.75) is 25.5 Å². The SMILES string of the molecule is Cc1ncc(-c2ccc3nc(-c4nc5ccccc5[nH]4)oc3c2)cc1NS(=O)(=O)CC(F)(F)F.O=C(O)C(F)(F)F.O=C(O)C(F)(F)F. The van der Waals surface area contributed by atoms with Gasteiger partial charge in [-0.1, -0.05) is 18.2 Å². The van der Waals surface area contributed by atoms with E-state index in [9.17, 15) is 47.9 Å². The lowest BCUT2D eigenvalue weighted by Crippen LogP contribution is -2.28. The number of aromatic nitrogens is 4.